The van der Waals surface area contributed by atoms with Gasteiger partial charge in [0.25, 0.3) is 5.56 Å². The molecule has 1 saturated heterocycles. The van der Waals surface area contributed by atoms with Gasteiger partial charge in [-0.05, 0) is 61.1 Å². The van der Waals surface area contributed by atoms with E-state index < -0.39 is 0 Å². The molecule has 2 aliphatic rings. The maximum absolute atomic E-state index is 13.7. The average molecular weight is 513 g/mol. The van der Waals surface area contributed by atoms with Crippen molar-refractivity contribution in [3.05, 3.63) is 66.5 Å². The van der Waals surface area contributed by atoms with Crippen LogP contribution in [0, 0.1) is 5.92 Å². The summed E-state index contributed by atoms with van der Waals surface area (Å²) in [5, 5.41) is 4.33. The van der Waals surface area contributed by atoms with E-state index in [1.54, 1.807) is 29.9 Å². The lowest BCUT2D eigenvalue weighted by Crippen LogP contribution is -2.47. The Morgan fingerprint density at radius 2 is 2.03 bits per heavy atom. The number of benzene rings is 1. The van der Waals surface area contributed by atoms with Crippen LogP contribution in [0.3, 0.4) is 0 Å². The van der Waals surface area contributed by atoms with Crippen LogP contribution in [0.1, 0.15) is 36.3 Å². The van der Waals surface area contributed by atoms with Gasteiger partial charge < -0.3 is 14.8 Å². The van der Waals surface area contributed by atoms with Crippen LogP contribution in [0.25, 0.3) is 0 Å². The molecule has 0 radical (unpaired) electrons. The molecule has 30 heavy (non-hydrogen) atoms. The first-order valence-electron chi connectivity index (χ1n) is 10.2. The van der Waals surface area contributed by atoms with Crippen molar-refractivity contribution < 1.29 is 4.79 Å². The first kappa shape index (κ1) is 21.9. The molecule has 2 aromatic rings. The third-order valence-corrected chi connectivity index (χ3v) is 7.33. The van der Waals surface area contributed by atoms with Gasteiger partial charge in [0.05, 0.1) is 16.0 Å². The summed E-state index contributed by atoms with van der Waals surface area (Å²) in [6.45, 7) is 1.87. The van der Waals surface area contributed by atoms with Crippen molar-refractivity contribution in [1.29, 1.82) is 0 Å². The highest BCUT2D eigenvalue weighted by Gasteiger charge is 2.40. The molecule has 160 valence electrons. The van der Waals surface area contributed by atoms with E-state index in [2.05, 4.69) is 21.2 Å². The van der Waals surface area contributed by atoms with Crippen molar-refractivity contribution in [1.82, 2.24) is 14.8 Å². The number of aromatic nitrogens is 1. The first-order valence-corrected chi connectivity index (χ1v) is 11.7. The minimum atomic E-state index is -0.215. The van der Waals surface area contributed by atoms with E-state index in [4.69, 9.17) is 23.2 Å². The summed E-state index contributed by atoms with van der Waals surface area (Å²) in [7, 11) is 1.73. The molecular weight excluding hydrogens is 489 g/mol. The fourth-order valence-corrected chi connectivity index (χ4v) is 5.25. The van der Waals surface area contributed by atoms with Crippen molar-refractivity contribution in [2.45, 2.75) is 37.8 Å². The number of nitrogens with one attached hydrogen (secondary N) is 1. The number of halogens is 3. The first-order chi connectivity index (χ1) is 14.3. The summed E-state index contributed by atoms with van der Waals surface area (Å²) >= 11 is 16.2. The zero-order valence-electron chi connectivity index (χ0n) is 16.7. The van der Waals surface area contributed by atoms with Gasteiger partial charge in [-0.15, -0.1) is 0 Å². The molecule has 1 unspecified atom stereocenters. The van der Waals surface area contributed by atoms with Crippen molar-refractivity contribution in [3.8, 4) is 0 Å². The fraction of sp³-hybridized carbons (Fsp3) is 0.455. The van der Waals surface area contributed by atoms with Gasteiger partial charge in [0, 0.05) is 42.9 Å². The standard InChI is InChI=1S/C22H24BrCl2N3O2/c1-27-7-5-13(9-20(27)29)17-4-6-26-11-18(17)22(30)28(16-2-3-16)12-14-8-15(23)10-19(24)21(14)25/h5,7-10,16-18,26H,2-4,6,11-12H2,1H3/t17?,18-/m0/s1. The number of aryl methyl sites for hydroxylation is 1. The van der Waals surface area contributed by atoms with Gasteiger partial charge in [-0.2, -0.15) is 0 Å². The number of rotatable bonds is 5. The van der Waals surface area contributed by atoms with Gasteiger partial charge in [0.1, 0.15) is 0 Å². The summed E-state index contributed by atoms with van der Waals surface area (Å²) in [5.74, 6) is -0.0779. The Hall–Kier alpha value is -1.34. The van der Waals surface area contributed by atoms with Crippen molar-refractivity contribution in [2.24, 2.45) is 13.0 Å². The van der Waals surface area contributed by atoms with E-state index in [0.29, 0.717) is 23.1 Å². The third kappa shape index (κ3) is 4.62. The Bertz CT molecular complexity index is 1020. The minimum Gasteiger partial charge on any atom is -0.335 e. The summed E-state index contributed by atoms with van der Waals surface area (Å²) in [4.78, 5) is 27.8. The Balaban J connectivity index is 1.62. The summed E-state index contributed by atoms with van der Waals surface area (Å²) in [6, 6.07) is 7.55. The van der Waals surface area contributed by atoms with Crippen LogP contribution >= 0.6 is 39.1 Å². The molecule has 1 aliphatic heterocycles. The smallest absolute Gasteiger partial charge is 0.250 e. The molecule has 1 aromatic carbocycles. The number of pyridine rings is 1. The molecule has 2 heterocycles. The second-order valence-electron chi connectivity index (χ2n) is 8.17. The Morgan fingerprint density at radius 1 is 1.27 bits per heavy atom. The lowest BCUT2D eigenvalue weighted by molar-refractivity contribution is -0.138. The number of hydrogen-bond donors (Lipinski definition) is 1. The van der Waals surface area contributed by atoms with Crippen LogP contribution in [0.2, 0.25) is 10.0 Å². The molecular formula is C22H24BrCl2N3O2. The predicted octanol–water partition coefficient (Wildman–Crippen LogP) is 4.34. The minimum absolute atomic E-state index is 0.0236. The van der Waals surface area contributed by atoms with E-state index in [1.807, 2.05) is 17.0 Å². The molecule has 1 N–H and O–H groups in total. The van der Waals surface area contributed by atoms with Gasteiger partial charge in [0.2, 0.25) is 5.91 Å². The van der Waals surface area contributed by atoms with Crippen molar-refractivity contribution in [2.75, 3.05) is 13.1 Å². The number of amides is 1. The normalized spacial score (nSPS) is 21.5. The largest absolute Gasteiger partial charge is 0.335 e. The molecule has 1 aliphatic carbocycles. The van der Waals surface area contributed by atoms with Gasteiger partial charge >= 0.3 is 0 Å². The maximum Gasteiger partial charge on any atom is 0.250 e. The molecule has 4 rings (SSSR count). The molecule has 2 atom stereocenters. The van der Waals surface area contributed by atoms with Crippen LogP contribution in [0.15, 0.2) is 39.7 Å². The summed E-state index contributed by atoms with van der Waals surface area (Å²) < 4.78 is 2.39. The highest BCUT2D eigenvalue weighted by molar-refractivity contribution is 9.10. The second-order valence-corrected chi connectivity index (χ2v) is 9.87. The van der Waals surface area contributed by atoms with Gasteiger partial charge in [-0.25, -0.2) is 0 Å². The fourth-order valence-electron chi connectivity index (χ4n) is 4.21. The topological polar surface area (TPSA) is 54.3 Å². The molecule has 0 bridgehead atoms. The molecule has 0 spiro atoms. The lowest BCUT2D eigenvalue weighted by atomic mass is 9.80. The SMILES string of the molecule is Cn1ccc(C2CCNC[C@@H]2C(=O)N(Cc2cc(Br)cc(Cl)c2Cl)C2CC2)cc1=O. The lowest BCUT2D eigenvalue weighted by Gasteiger charge is -2.36. The summed E-state index contributed by atoms with van der Waals surface area (Å²) in [5.41, 5.74) is 1.73. The Kier molecular flexibility index (Phi) is 6.58. The van der Waals surface area contributed by atoms with E-state index in [9.17, 15) is 9.59 Å². The van der Waals surface area contributed by atoms with Gasteiger partial charge in [-0.3, -0.25) is 9.59 Å². The number of carbonyl (C=O) groups excluding carboxylic acids is 1. The predicted molar refractivity (Wildman–Crippen MR) is 123 cm³/mol. The van der Waals surface area contributed by atoms with E-state index in [0.717, 1.165) is 41.4 Å². The van der Waals surface area contributed by atoms with Crippen LogP contribution in [0.4, 0.5) is 0 Å². The van der Waals surface area contributed by atoms with Crippen molar-refractivity contribution >= 4 is 45.0 Å². The molecule has 1 aromatic heterocycles. The number of nitrogens with zero attached hydrogens (tertiary/aromatic N) is 2. The average Bonchev–Trinajstić information content (AvgIpc) is 3.56. The number of hydrogen-bond acceptors (Lipinski definition) is 3. The number of piperidine rings is 1. The highest BCUT2D eigenvalue weighted by atomic mass is 79.9. The zero-order valence-corrected chi connectivity index (χ0v) is 19.8. The zero-order chi connectivity index (χ0) is 21.4. The monoisotopic (exact) mass is 511 g/mol. The van der Waals surface area contributed by atoms with Gasteiger partial charge in [-0.1, -0.05) is 39.1 Å². The van der Waals surface area contributed by atoms with E-state index in [-0.39, 0.29) is 29.3 Å². The molecule has 1 amide bonds. The summed E-state index contributed by atoms with van der Waals surface area (Å²) in [6.07, 6.45) is 4.61. The quantitative estimate of drug-likeness (QED) is 0.606. The Morgan fingerprint density at radius 3 is 2.73 bits per heavy atom. The molecule has 8 heteroatoms. The van der Waals surface area contributed by atoms with Crippen LogP contribution in [-0.4, -0.2) is 34.5 Å². The van der Waals surface area contributed by atoms with Crippen molar-refractivity contribution in [3.63, 3.8) is 0 Å². The van der Waals surface area contributed by atoms with Crippen LogP contribution in [0.5, 0.6) is 0 Å². The molecule has 5 nitrogen and oxygen atoms in total. The third-order valence-electron chi connectivity index (χ3n) is 6.04. The Labute approximate surface area is 194 Å². The van der Waals surface area contributed by atoms with E-state index >= 15 is 0 Å². The van der Waals surface area contributed by atoms with E-state index in [1.165, 1.54) is 0 Å². The van der Waals surface area contributed by atoms with Crippen LogP contribution < -0.4 is 10.9 Å². The molecule has 2 fully saturated rings. The second kappa shape index (κ2) is 9.03. The number of carbonyl (C=O) groups is 1. The van der Waals surface area contributed by atoms with Gasteiger partial charge in [0.15, 0.2) is 0 Å². The maximum atomic E-state index is 13.7. The molecule has 1 saturated carbocycles. The van der Waals surface area contributed by atoms with Crippen LogP contribution in [-0.2, 0) is 18.4 Å². The highest BCUT2D eigenvalue weighted by Crippen LogP contribution is 2.38.